The Morgan fingerprint density at radius 2 is 0.781 bits per heavy atom. The molecule has 73 heavy (non-hydrogen) atoms. The van der Waals surface area contributed by atoms with Crippen LogP contribution in [0.15, 0.2) is 109 Å². The first-order chi connectivity index (χ1) is 35.4. The van der Waals surface area contributed by atoms with E-state index in [9.17, 15) is 29.4 Å². The maximum Gasteiger partial charge on any atom is 0.330 e. The normalized spacial score (nSPS) is 12.4. The first-order valence-electron chi connectivity index (χ1n) is 26.7. The molecule has 2 atom stereocenters. The minimum atomic E-state index is -1.59. The van der Waals surface area contributed by atoms with Gasteiger partial charge in [-0.3, -0.25) is 9.59 Å². The number of aliphatic hydroxyl groups excluding tert-OH is 2. The molecule has 6 N–H and O–H groups in total. The molecule has 0 radical (unpaired) electrons. The van der Waals surface area contributed by atoms with Crippen LogP contribution in [0.5, 0.6) is 11.5 Å². The minimum absolute atomic E-state index is 0.0956. The van der Waals surface area contributed by atoms with Gasteiger partial charge >= 0.3 is 11.9 Å². The van der Waals surface area contributed by atoms with Crippen molar-refractivity contribution in [3.8, 4) is 11.5 Å². The summed E-state index contributed by atoms with van der Waals surface area (Å²) >= 11 is 0. The maximum atomic E-state index is 14.0. The van der Waals surface area contributed by atoms with E-state index in [0.29, 0.717) is 50.6 Å². The summed E-state index contributed by atoms with van der Waals surface area (Å²) in [6.45, 7) is 5.49. The molecule has 4 rings (SSSR count). The Balaban J connectivity index is 1.20. The van der Waals surface area contributed by atoms with Crippen LogP contribution in [0.4, 0.5) is 11.4 Å². The van der Waals surface area contributed by atoms with Crippen molar-refractivity contribution >= 4 is 47.0 Å². The molecular formula is C61H82N2O10. The Morgan fingerprint density at radius 1 is 0.466 bits per heavy atom. The lowest BCUT2D eigenvalue weighted by Crippen LogP contribution is -2.55. The molecule has 0 aliphatic carbocycles. The highest BCUT2D eigenvalue weighted by atomic mass is 16.5. The van der Waals surface area contributed by atoms with Crippen molar-refractivity contribution in [3.05, 3.63) is 131 Å². The number of ether oxygens (including phenoxy) is 4. The highest BCUT2D eigenvalue weighted by molar-refractivity contribution is 5.89. The molecule has 0 fully saturated rings. The number of hydrogen-bond donors (Lipinski definition) is 4. The number of aliphatic hydroxyl groups is 2. The number of rotatable bonds is 38. The van der Waals surface area contributed by atoms with Gasteiger partial charge in [0, 0.05) is 41.8 Å². The molecule has 0 aliphatic heterocycles. The fourth-order valence-corrected chi connectivity index (χ4v) is 8.91. The summed E-state index contributed by atoms with van der Waals surface area (Å²) in [7, 11) is 0. The van der Waals surface area contributed by atoms with Gasteiger partial charge in [0.25, 0.3) is 0 Å². The lowest BCUT2D eigenvalue weighted by atomic mass is 9.65. The van der Waals surface area contributed by atoms with E-state index in [0.717, 1.165) is 124 Å². The first kappa shape index (κ1) is 59.3. The zero-order valence-corrected chi connectivity index (χ0v) is 43.5. The second kappa shape index (κ2) is 34.2. The van der Waals surface area contributed by atoms with Crippen LogP contribution in [0.3, 0.4) is 0 Å². The van der Waals surface area contributed by atoms with E-state index in [1.54, 1.807) is 50.3 Å². The van der Waals surface area contributed by atoms with Gasteiger partial charge in [-0.05, 0) is 135 Å². The fraction of sp³-hybridized carbons (Fsp3) is 0.475. The van der Waals surface area contributed by atoms with Gasteiger partial charge in [-0.2, -0.15) is 0 Å². The summed E-state index contributed by atoms with van der Waals surface area (Å²) in [6.07, 6.45) is 18.8. The molecule has 0 spiro atoms. The van der Waals surface area contributed by atoms with Gasteiger partial charge in [0.1, 0.15) is 23.7 Å². The van der Waals surface area contributed by atoms with Gasteiger partial charge in [-0.15, -0.1) is 0 Å². The standard InChI is InChI=1S/C61H82N2O10/c1-3-70-57(66)41-31-47-27-37-53(38-28-47)72-43-19-15-11-7-5-9-13-17-21-55(64)59(68)61(45-49-23-33-51(62)34-24-49,46-50-25-35-52(63)36-26-50)60(69)56(65)22-18-14-10-6-8-12-16-20-44-73-54-39-29-48(30-40-54)32-42-58(67)71-4-2/h23-42,59-60,68-69H,3-22,43-46,62-63H2,1-2H3/b41-31+,42-32+. The van der Waals surface area contributed by atoms with Gasteiger partial charge in [0.2, 0.25) is 0 Å². The molecule has 12 nitrogen and oxygen atoms in total. The lowest BCUT2D eigenvalue weighted by Gasteiger charge is -2.41. The summed E-state index contributed by atoms with van der Waals surface area (Å²) in [5.41, 5.74) is 15.0. The van der Waals surface area contributed by atoms with Crippen molar-refractivity contribution in [2.75, 3.05) is 37.9 Å². The zero-order valence-electron chi connectivity index (χ0n) is 43.5. The van der Waals surface area contributed by atoms with E-state index in [2.05, 4.69) is 0 Å². The SMILES string of the molecule is CCOC(=O)/C=C/c1ccc(OCCCCCCCCCCC(=O)C(O)C(Cc2ccc(N)cc2)(Cc2ccc(N)cc2)C(O)C(=O)CCCCCCCCCCOc2ccc(/C=C/C(=O)OCC)cc2)cc1. The third-order valence-electron chi connectivity index (χ3n) is 13.1. The van der Waals surface area contributed by atoms with E-state index in [-0.39, 0.29) is 49.2 Å². The van der Waals surface area contributed by atoms with Crippen LogP contribution in [0.1, 0.15) is 152 Å². The molecular weight excluding hydrogens is 921 g/mol. The van der Waals surface area contributed by atoms with Gasteiger partial charge in [0.15, 0.2) is 11.6 Å². The molecule has 0 amide bonds. The van der Waals surface area contributed by atoms with E-state index >= 15 is 0 Å². The number of ketones is 2. The number of carbonyl (C=O) groups excluding carboxylic acids is 4. The number of nitrogen functional groups attached to an aromatic ring is 2. The van der Waals surface area contributed by atoms with E-state index in [1.165, 1.54) is 12.2 Å². The summed E-state index contributed by atoms with van der Waals surface area (Å²) in [6, 6.07) is 29.5. The van der Waals surface area contributed by atoms with E-state index in [1.807, 2.05) is 72.8 Å². The van der Waals surface area contributed by atoms with E-state index < -0.39 is 17.6 Å². The first-order valence-corrected chi connectivity index (χ1v) is 26.7. The Bertz CT molecular complexity index is 2090. The highest BCUT2D eigenvalue weighted by Crippen LogP contribution is 2.39. The molecule has 2 unspecified atom stereocenters. The third-order valence-corrected chi connectivity index (χ3v) is 13.1. The van der Waals surface area contributed by atoms with Crippen molar-refractivity contribution in [2.45, 2.75) is 154 Å². The summed E-state index contributed by atoms with van der Waals surface area (Å²) in [5, 5.41) is 24.3. The number of benzene rings is 4. The molecule has 4 aromatic rings. The number of nitrogens with two attached hydrogens (primary N) is 2. The molecule has 0 bridgehead atoms. The van der Waals surface area contributed by atoms with Crippen LogP contribution < -0.4 is 20.9 Å². The summed E-state index contributed by atoms with van der Waals surface area (Å²) in [4.78, 5) is 51.2. The van der Waals surface area contributed by atoms with Crippen LogP contribution in [0, 0.1) is 5.41 Å². The molecule has 0 aromatic heterocycles. The largest absolute Gasteiger partial charge is 0.494 e. The minimum Gasteiger partial charge on any atom is -0.494 e. The number of anilines is 2. The van der Waals surface area contributed by atoms with Crippen LogP contribution in [-0.2, 0) is 41.5 Å². The highest BCUT2D eigenvalue weighted by Gasteiger charge is 2.50. The van der Waals surface area contributed by atoms with Gasteiger partial charge in [0.05, 0.1) is 26.4 Å². The molecule has 12 heteroatoms. The van der Waals surface area contributed by atoms with Crippen LogP contribution in [0.2, 0.25) is 0 Å². The van der Waals surface area contributed by atoms with Crippen molar-refractivity contribution in [1.82, 2.24) is 0 Å². The van der Waals surface area contributed by atoms with Crippen LogP contribution >= 0.6 is 0 Å². The van der Waals surface area contributed by atoms with Crippen LogP contribution in [0.25, 0.3) is 12.2 Å². The quantitative estimate of drug-likeness (QED) is 0.0144. The average molecular weight is 1000 g/mol. The smallest absolute Gasteiger partial charge is 0.330 e. The summed E-state index contributed by atoms with van der Waals surface area (Å²) in [5.74, 6) is 0.102. The topological polar surface area (TPSA) is 198 Å². The maximum absolute atomic E-state index is 14.0. The number of Topliss-reactive ketones (excluding diaryl/α,β-unsaturated/α-hetero) is 2. The molecule has 0 aliphatic rings. The van der Waals surface area contributed by atoms with E-state index in [4.69, 9.17) is 30.4 Å². The second-order valence-electron chi connectivity index (χ2n) is 19.0. The van der Waals surface area contributed by atoms with Crippen molar-refractivity contribution < 1.29 is 48.3 Å². The van der Waals surface area contributed by atoms with Gasteiger partial charge in [-0.1, -0.05) is 126 Å². The predicted octanol–water partition coefficient (Wildman–Crippen LogP) is 11.8. The number of carbonyl (C=O) groups is 4. The average Bonchev–Trinajstić information content (AvgIpc) is 3.39. The molecule has 4 aromatic carbocycles. The fourth-order valence-electron chi connectivity index (χ4n) is 8.91. The molecule has 0 saturated heterocycles. The predicted molar refractivity (Wildman–Crippen MR) is 292 cm³/mol. The number of hydrogen-bond acceptors (Lipinski definition) is 12. The Morgan fingerprint density at radius 3 is 1.11 bits per heavy atom. The van der Waals surface area contributed by atoms with Crippen LogP contribution in [-0.4, -0.2) is 72.4 Å². The molecule has 0 saturated carbocycles. The summed E-state index contributed by atoms with van der Waals surface area (Å²) < 4.78 is 21.6. The van der Waals surface area contributed by atoms with Gasteiger partial charge in [-0.25, -0.2) is 9.59 Å². The number of unbranched alkanes of at least 4 members (excludes halogenated alkanes) is 14. The molecule has 0 heterocycles. The monoisotopic (exact) mass is 1000 g/mol. The Kier molecular flexibility index (Phi) is 27.8. The zero-order chi connectivity index (χ0) is 52.5. The number of esters is 2. The Hall–Kier alpha value is -6.24. The third kappa shape index (κ3) is 23.0. The lowest BCUT2D eigenvalue weighted by molar-refractivity contribution is -0.152. The second-order valence-corrected chi connectivity index (χ2v) is 19.0. The van der Waals surface area contributed by atoms with Gasteiger partial charge < -0.3 is 40.6 Å². The molecule has 396 valence electrons. The van der Waals surface area contributed by atoms with Crippen molar-refractivity contribution in [3.63, 3.8) is 0 Å². The Labute approximate surface area is 434 Å². The van der Waals surface area contributed by atoms with Crippen molar-refractivity contribution in [1.29, 1.82) is 0 Å². The van der Waals surface area contributed by atoms with Crippen molar-refractivity contribution in [2.24, 2.45) is 5.41 Å².